The maximum absolute atomic E-state index is 14.1. The molecule has 4 nitrogen and oxygen atoms in total. The van der Waals surface area contributed by atoms with Crippen LogP contribution in [0.25, 0.3) is 0 Å². The smallest absolute Gasteiger partial charge is 0.149 e. The Morgan fingerprint density at radius 2 is 1.70 bits per heavy atom. The van der Waals surface area contributed by atoms with Crippen LogP contribution in [0.3, 0.4) is 0 Å². The minimum absolute atomic E-state index is 0.0264. The zero-order chi connectivity index (χ0) is 14.9. The van der Waals surface area contributed by atoms with Crippen molar-refractivity contribution in [2.75, 3.05) is 18.0 Å². The molecule has 2 rings (SSSR count). The number of halogens is 2. The molecule has 1 aromatic rings. The number of hydrogen-bond acceptors (Lipinski definition) is 4. The van der Waals surface area contributed by atoms with E-state index in [-0.39, 0.29) is 24.8 Å². The molecule has 1 saturated heterocycles. The highest BCUT2D eigenvalue weighted by Gasteiger charge is 2.32. The number of nitrogens with one attached hydrogen (secondary N) is 1. The minimum Gasteiger partial charge on any atom is -0.389 e. The van der Waals surface area contributed by atoms with Gasteiger partial charge in [-0.25, -0.2) is 8.78 Å². The molecular formula is C14H20F2N2O2. The third-order valence-electron chi connectivity index (χ3n) is 3.37. The van der Waals surface area contributed by atoms with Gasteiger partial charge in [0.1, 0.15) is 17.3 Å². The summed E-state index contributed by atoms with van der Waals surface area (Å²) in [5.74, 6) is -1.35. The topological polar surface area (TPSA) is 55.7 Å². The molecule has 0 bridgehead atoms. The van der Waals surface area contributed by atoms with E-state index in [2.05, 4.69) is 5.32 Å². The van der Waals surface area contributed by atoms with Gasteiger partial charge < -0.3 is 20.4 Å². The first kappa shape index (κ1) is 15.2. The maximum Gasteiger partial charge on any atom is 0.149 e. The first-order chi connectivity index (χ1) is 9.38. The molecule has 112 valence electrons. The van der Waals surface area contributed by atoms with E-state index in [9.17, 15) is 19.0 Å². The Labute approximate surface area is 117 Å². The Kier molecular flexibility index (Phi) is 4.57. The predicted octanol–water partition coefficient (Wildman–Crippen LogP) is 1.00. The van der Waals surface area contributed by atoms with E-state index in [1.807, 2.05) is 13.8 Å². The summed E-state index contributed by atoms with van der Waals surface area (Å²) in [7, 11) is 0. The second-order valence-electron chi connectivity index (χ2n) is 5.48. The Morgan fingerprint density at radius 3 is 2.15 bits per heavy atom. The molecule has 1 fully saturated rings. The average Bonchev–Trinajstić information content (AvgIpc) is 2.66. The first-order valence-corrected chi connectivity index (χ1v) is 6.71. The number of aliphatic hydroxyl groups is 2. The number of nitrogens with zero attached hydrogens (tertiary/aromatic N) is 1. The van der Waals surface area contributed by atoms with Crippen LogP contribution in [-0.4, -0.2) is 41.6 Å². The van der Waals surface area contributed by atoms with Gasteiger partial charge in [0.05, 0.1) is 12.2 Å². The molecule has 0 spiro atoms. The normalized spacial score (nSPS) is 22.9. The molecular weight excluding hydrogens is 266 g/mol. The van der Waals surface area contributed by atoms with Crippen molar-refractivity contribution in [2.24, 2.45) is 0 Å². The monoisotopic (exact) mass is 286 g/mol. The Bertz CT molecular complexity index is 449. The largest absolute Gasteiger partial charge is 0.389 e. The summed E-state index contributed by atoms with van der Waals surface area (Å²) in [5.41, 5.74) is 0.339. The lowest BCUT2D eigenvalue weighted by Gasteiger charge is -2.20. The van der Waals surface area contributed by atoms with Crippen LogP contribution in [0.15, 0.2) is 12.1 Å². The summed E-state index contributed by atoms with van der Waals surface area (Å²) in [6, 6.07) is 2.79. The molecule has 1 heterocycles. The molecule has 0 aliphatic carbocycles. The summed E-state index contributed by atoms with van der Waals surface area (Å²) in [6.45, 7) is 4.34. The molecule has 1 aliphatic rings. The number of hydrogen-bond donors (Lipinski definition) is 3. The molecule has 2 atom stereocenters. The van der Waals surface area contributed by atoms with E-state index in [1.165, 1.54) is 17.0 Å². The average molecular weight is 286 g/mol. The van der Waals surface area contributed by atoms with Gasteiger partial charge in [-0.2, -0.15) is 0 Å². The van der Waals surface area contributed by atoms with Gasteiger partial charge in [-0.15, -0.1) is 0 Å². The van der Waals surface area contributed by atoms with Gasteiger partial charge >= 0.3 is 0 Å². The predicted molar refractivity (Wildman–Crippen MR) is 72.6 cm³/mol. The maximum atomic E-state index is 14.1. The SMILES string of the molecule is CC(C)NCc1cc(F)c(N2CC(O)C(O)C2)c(F)c1. The van der Waals surface area contributed by atoms with Gasteiger partial charge in [0, 0.05) is 25.7 Å². The Morgan fingerprint density at radius 1 is 1.20 bits per heavy atom. The third kappa shape index (κ3) is 3.26. The van der Waals surface area contributed by atoms with E-state index in [0.29, 0.717) is 12.1 Å². The number of rotatable bonds is 4. The van der Waals surface area contributed by atoms with Crippen LogP contribution in [-0.2, 0) is 6.54 Å². The summed E-state index contributed by atoms with van der Waals surface area (Å²) in [5, 5.41) is 22.0. The van der Waals surface area contributed by atoms with Crippen LogP contribution in [0.5, 0.6) is 0 Å². The van der Waals surface area contributed by atoms with Crippen molar-refractivity contribution in [1.82, 2.24) is 5.32 Å². The van der Waals surface area contributed by atoms with E-state index >= 15 is 0 Å². The van der Waals surface area contributed by atoms with E-state index in [0.717, 1.165) is 0 Å². The summed E-state index contributed by atoms with van der Waals surface area (Å²) >= 11 is 0. The van der Waals surface area contributed by atoms with Crippen LogP contribution in [0.1, 0.15) is 19.4 Å². The highest BCUT2D eigenvalue weighted by atomic mass is 19.1. The van der Waals surface area contributed by atoms with Gasteiger partial charge in [0.2, 0.25) is 0 Å². The van der Waals surface area contributed by atoms with Crippen LogP contribution in [0, 0.1) is 11.6 Å². The molecule has 0 aromatic heterocycles. The zero-order valence-electron chi connectivity index (χ0n) is 11.6. The highest BCUT2D eigenvalue weighted by molar-refractivity contribution is 5.52. The first-order valence-electron chi connectivity index (χ1n) is 6.71. The van der Waals surface area contributed by atoms with Crippen molar-refractivity contribution < 1.29 is 19.0 Å². The third-order valence-corrected chi connectivity index (χ3v) is 3.37. The lowest BCUT2D eigenvalue weighted by molar-refractivity contribution is 0.0572. The van der Waals surface area contributed by atoms with Gasteiger partial charge in [-0.3, -0.25) is 0 Å². The van der Waals surface area contributed by atoms with Gasteiger partial charge in [-0.1, -0.05) is 13.8 Å². The summed E-state index contributed by atoms with van der Waals surface area (Å²) < 4.78 is 28.1. The van der Waals surface area contributed by atoms with Crippen LogP contribution in [0.4, 0.5) is 14.5 Å². The molecule has 6 heteroatoms. The summed E-state index contributed by atoms with van der Waals surface area (Å²) in [4.78, 5) is 1.33. The quantitative estimate of drug-likeness (QED) is 0.773. The van der Waals surface area contributed by atoms with Gasteiger partial charge in [-0.05, 0) is 17.7 Å². The van der Waals surface area contributed by atoms with Crippen molar-refractivity contribution in [1.29, 1.82) is 0 Å². The van der Waals surface area contributed by atoms with Crippen molar-refractivity contribution >= 4 is 5.69 Å². The molecule has 2 unspecified atom stereocenters. The Balaban J connectivity index is 2.19. The standard InChI is InChI=1S/C14H20F2N2O2/c1-8(2)17-5-9-3-10(15)14(11(16)4-9)18-6-12(19)13(20)7-18/h3-4,8,12-13,17,19-20H,5-7H2,1-2H3. The molecule has 0 radical (unpaired) electrons. The summed E-state index contributed by atoms with van der Waals surface area (Å²) in [6.07, 6.45) is -1.95. The van der Waals surface area contributed by atoms with Gasteiger partial charge in [0.25, 0.3) is 0 Å². The molecule has 20 heavy (non-hydrogen) atoms. The van der Waals surface area contributed by atoms with Crippen molar-refractivity contribution in [3.63, 3.8) is 0 Å². The van der Waals surface area contributed by atoms with Crippen LogP contribution in [0.2, 0.25) is 0 Å². The van der Waals surface area contributed by atoms with Crippen molar-refractivity contribution in [3.8, 4) is 0 Å². The number of anilines is 1. The molecule has 0 amide bonds. The van der Waals surface area contributed by atoms with Crippen LogP contribution >= 0.6 is 0 Å². The molecule has 0 saturated carbocycles. The Hall–Kier alpha value is -1.24. The number of benzene rings is 1. The zero-order valence-corrected chi connectivity index (χ0v) is 11.6. The second-order valence-corrected chi connectivity index (χ2v) is 5.48. The van der Waals surface area contributed by atoms with E-state index in [4.69, 9.17) is 0 Å². The molecule has 3 N–H and O–H groups in total. The fraction of sp³-hybridized carbons (Fsp3) is 0.571. The highest BCUT2D eigenvalue weighted by Crippen LogP contribution is 2.28. The minimum atomic E-state index is -0.976. The fourth-order valence-electron chi connectivity index (χ4n) is 2.30. The fourth-order valence-corrected chi connectivity index (χ4v) is 2.30. The van der Waals surface area contributed by atoms with Crippen molar-refractivity contribution in [2.45, 2.75) is 38.6 Å². The second kappa shape index (κ2) is 6.03. The number of aliphatic hydroxyl groups excluding tert-OH is 2. The van der Waals surface area contributed by atoms with Gasteiger partial charge in [0.15, 0.2) is 0 Å². The lowest BCUT2D eigenvalue weighted by atomic mass is 10.1. The molecule has 1 aliphatic heterocycles. The molecule has 1 aromatic carbocycles. The van der Waals surface area contributed by atoms with E-state index < -0.39 is 23.8 Å². The lowest BCUT2D eigenvalue weighted by Crippen LogP contribution is -2.25. The number of β-amino-alcohol motifs (C(OH)–C–C–N with tert-alkyl or cyclic N) is 2. The van der Waals surface area contributed by atoms with Crippen LogP contribution < -0.4 is 10.2 Å². The van der Waals surface area contributed by atoms with Crippen molar-refractivity contribution in [3.05, 3.63) is 29.3 Å². The van der Waals surface area contributed by atoms with E-state index in [1.54, 1.807) is 0 Å².